The van der Waals surface area contributed by atoms with E-state index in [1.165, 1.54) is 22.4 Å². The first-order valence-electron chi connectivity index (χ1n) is 7.84. The first kappa shape index (κ1) is 17.3. The number of amides is 2. The smallest absolute Gasteiger partial charge is 0.260 e. The number of benzene rings is 1. The maximum absolute atomic E-state index is 12.0. The maximum atomic E-state index is 12.0. The second-order valence-corrected chi connectivity index (χ2v) is 5.67. The summed E-state index contributed by atoms with van der Waals surface area (Å²) in [5.74, 6) is 0.264. The quantitative estimate of drug-likeness (QED) is 0.719. The summed E-state index contributed by atoms with van der Waals surface area (Å²) >= 11 is 0. The van der Waals surface area contributed by atoms with Crippen molar-refractivity contribution in [2.24, 2.45) is 0 Å². The van der Waals surface area contributed by atoms with Crippen LogP contribution in [0.3, 0.4) is 0 Å². The first-order valence-corrected chi connectivity index (χ1v) is 7.84. The summed E-state index contributed by atoms with van der Waals surface area (Å²) in [5, 5.41) is 2.67. The van der Waals surface area contributed by atoms with Gasteiger partial charge in [-0.25, -0.2) is 0 Å². The molecule has 2 rings (SSSR count). The molecule has 0 aliphatic heterocycles. The lowest BCUT2D eigenvalue weighted by Gasteiger charge is -2.17. The van der Waals surface area contributed by atoms with E-state index in [4.69, 9.17) is 9.47 Å². The molecule has 0 heterocycles. The average Bonchev–Trinajstić information content (AvgIpc) is 3.00. The Morgan fingerprint density at radius 1 is 1.26 bits per heavy atom. The molecule has 1 aromatic rings. The minimum Gasteiger partial charge on any atom is -0.484 e. The second-order valence-electron chi connectivity index (χ2n) is 5.67. The number of rotatable bonds is 8. The van der Waals surface area contributed by atoms with E-state index in [1.807, 2.05) is 12.1 Å². The number of nitrogens with one attached hydrogen (secondary N) is 1. The van der Waals surface area contributed by atoms with Gasteiger partial charge in [-0.2, -0.15) is 0 Å². The van der Waals surface area contributed by atoms with Crippen LogP contribution in [-0.4, -0.2) is 57.2 Å². The minimum atomic E-state index is -0.229. The molecule has 0 fully saturated rings. The van der Waals surface area contributed by atoms with Crippen molar-refractivity contribution in [1.82, 2.24) is 10.2 Å². The van der Waals surface area contributed by atoms with E-state index in [0.29, 0.717) is 18.9 Å². The highest BCUT2D eigenvalue weighted by Gasteiger charge is 2.15. The van der Waals surface area contributed by atoms with Gasteiger partial charge in [-0.15, -0.1) is 0 Å². The molecule has 0 atom stereocenters. The summed E-state index contributed by atoms with van der Waals surface area (Å²) in [6.07, 6.45) is 3.37. The number of hydrogen-bond acceptors (Lipinski definition) is 4. The van der Waals surface area contributed by atoms with Crippen LogP contribution in [-0.2, 0) is 27.2 Å². The van der Waals surface area contributed by atoms with Gasteiger partial charge in [0.05, 0.1) is 13.2 Å². The summed E-state index contributed by atoms with van der Waals surface area (Å²) in [6.45, 7) is 0.824. The lowest BCUT2D eigenvalue weighted by molar-refractivity contribution is -0.136. The number of fused-ring (bicyclic) bond motifs is 1. The lowest BCUT2D eigenvalue weighted by Crippen LogP contribution is -2.41. The van der Waals surface area contributed by atoms with Crippen molar-refractivity contribution in [2.75, 3.05) is 40.5 Å². The first-order chi connectivity index (χ1) is 11.1. The molecule has 0 bridgehead atoms. The highest BCUT2D eigenvalue weighted by Crippen LogP contribution is 2.25. The van der Waals surface area contributed by atoms with Gasteiger partial charge in [0, 0.05) is 20.7 Å². The predicted molar refractivity (Wildman–Crippen MR) is 86.5 cm³/mol. The van der Waals surface area contributed by atoms with Gasteiger partial charge in [0.25, 0.3) is 5.91 Å². The molecule has 0 unspecified atom stereocenters. The van der Waals surface area contributed by atoms with Crippen molar-refractivity contribution >= 4 is 11.8 Å². The zero-order valence-corrected chi connectivity index (χ0v) is 13.8. The summed E-state index contributed by atoms with van der Waals surface area (Å²) in [6, 6.07) is 5.97. The number of aryl methyl sites for hydroxylation is 2. The third-order valence-electron chi connectivity index (χ3n) is 3.87. The van der Waals surface area contributed by atoms with Crippen LogP contribution in [0.25, 0.3) is 0 Å². The maximum Gasteiger partial charge on any atom is 0.260 e. The lowest BCUT2D eigenvalue weighted by atomic mass is 10.1. The van der Waals surface area contributed by atoms with Crippen molar-refractivity contribution in [2.45, 2.75) is 19.3 Å². The summed E-state index contributed by atoms with van der Waals surface area (Å²) in [4.78, 5) is 25.0. The highest BCUT2D eigenvalue weighted by molar-refractivity contribution is 5.85. The molecule has 1 aliphatic rings. The number of likely N-dealkylation sites (N-methyl/N-ethyl adjacent to an activating group) is 1. The number of hydrogen-bond donors (Lipinski definition) is 1. The fourth-order valence-corrected chi connectivity index (χ4v) is 2.55. The molecule has 0 saturated carbocycles. The van der Waals surface area contributed by atoms with Crippen molar-refractivity contribution in [3.05, 3.63) is 29.3 Å². The SMILES string of the molecule is COCCNC(=O)CN(C)C(=O)COc1ccc2c(c1)CCC2. The molecule has 0 spiro atoms. The summed E-state index contributed by atoms with van der Waals surface area (Å²) in [5.41, 5.74) is 2.68. The second kappa shape index (κ2) is 8.53. The molecule has 23 heavy (non-hydrogen) atoms. The van der Waals surface area contributed by atoms with Crippen molar-refractivity contribution < 1.29 is 19.1 Å². The van der Waals surface area contributed by atoms with E-state index < -0.39 is 0 Å². The number of carbonyl (C=O) groups is 2. The zero-order valence-electron chi connectivity index (χ0n) is 13.8. The number of methoxy groups -OCH3 is 1. The van der Waals surface area contributed by atoms with E-state index >= 15 is 0 Å². The Morgan fingerprint density at radius 3 is 2.83 bits per heavy atom. The largest absolute Gasteiger partial charge is 0.484 e. The fraction of sp³-hybridized carbons (Fsp3) is 0.529. The van der Waals surface area contributed by atoms with E-state index in [1.54, 1.807) is 14.2 Å². The van der Waals surface area contributed by atoms with E-state index in [9.17, 15) is 9.59 Å². The topological polar surface area (TPSA) is 67.9 Å². The highest BCUT2D eigenvalue weighted by atomic mass is 16.5. The summed E-state index contributed by atoms with van der Waals surface area (Å²) < 4.78 is 10.4. The third kappa shape index (κ3) is 5.25. The monoisotopic (exact) mass is 320 g/mol. The normalized spacial score (nSPS) is 12.6. The molecular formula is C17H24N2O4. The van der Waals surface area contributed by atoms with Crippen molar-refractivity contribution in [3.8, 4) is 5.75 Å². The van der Waals surface area contributed by atoms with E-state index in [-0.39, 0.29) is 25.0 Å². The molecule has 0 saturated heterocycles. The van der Waals surface area contributed by atoms with Gasteiger partial charge in [-0.1, -0.05) is 6.07 Å². The summed E-state index contributed by atoms with van der Waals surface area (Å²) in [7, 11) is 3.16. The molecule has 126 valence electrons. The molecular weight excluding hydrogens is 296 g/mol. The van der Waals surface area contributed by atoms with E-state index in [2.05, 4.69) is 11.4 Å². The Bertz CT molecular complexity index is 560. The third-order valence-corrected chi connectivity index (χ3v) is 3.87. The zero-order chi connectivity index (χ0) is 16.7. The fourth-order valence-electron chi connectivity index (χ4n) is 2.55. The van der Waals surface area contributed by atoms with Gasteiger partial charge in [0.1, 0.15) is 5.75 Å². The number of carbonyl (C=O) groups excluding carboxylic acids is 2. The van der Waals surface area contributed by atoms with Crippen LogP contribution in [0, 0.1) is 0 Å². The van der Waals surface area contributed by atoms with Crippen LogP contribution in [0.4, 0.5) is 0 Å². The standard InChI is InChI=1S/C17H24N2O4/c1-19(11-16(20)18-8-9-22-2)17(21)12-23-15-7-6-13-4-3-5-14(13)10-15/h6-7,10H,3-5,8-9,11-12H2,1-2H3,(H,18,20). The average molecular weight is 320 g/mol. The molecule has 0 aromatic heterocycles. The van der Waals surface area contributed by atoms with Crippen LogP contribution in [0.2, 0.25) is 0 Å². The van der Waals surface area contributed by atoms with Gasteiger partial charge in [0.2, 0.25) is 5.91 Å². The molecule has 1 N–H and O–H groups in total. The van der Waals surface area contributed by atoms with Gasteiger partial charge < -0.3 is 19.7 Å². The van der Waals surface area contributed by atoms with Crippen molar-refractivity contribution in [1.29, 1.82) is 0 Å². The van der Waals surface area contributed by atoms with Gasteiger partial charge in [0.15, 0.2) is 6.61 Å². The predicted octanol–water partition coefficient (Wildman–Crippen LogP) is 0.775. The molecule has 1 aromatic carbocycles. The van der Waals surface area contributed by atoms with Crippen LogP contribution in [0.15, 0.2) is 18.2 Å². The molecule has 0 radical (unpaired) electrons. The Kier molecular flexibility index (Phi) is 6.40. The van der Waals surface area contributed by atoms with Gasteiger partial charge >= 0.3 is 0 Å². The van der Waals surface area contributed by atoms with Crippen molar-refractivity contribution in [3.63, 3.8) is 0 Å². The minimum absolute atomic E-state index is 0.0100. The van der Waals surface area contributed by atoms with Crippen LogP contribution >= 0.6 is 0 Å². The van der Waals surface area contributed by atoms with Crippen LogP contribution in [0.1, 0.15) is 17.5 Å². The number of ether oxygens (including phenoxy) is 2. The molecule has 2 amide bonds. The van der Waals surface area contributed by atoms with Gasteiger partial charge in [-0.3, -0.25) is 9.59 Å². The Balaban J connectivity index is 1.74. The molecule has 6 heteroatoms. The van der Waals surface area contributed by atoms with Gasteiger partial charge in [-0.05, 0) is 42.5 Å². The molecule has 1 aliphatic carbocycles. The Morgan fingerprint density at radius 2 is 2.04 bits per heavy atom. The number of nitrogens with zero attached hydrogens (tertiary/aromatic N) is 1. The Hall–Kier alpha value is -2.08. The van der Waals surface area contributed by atoms with Crippen LogP contribution in [0.5, 0.6) is 5.75 Å². The molecule has 6 nitrogen and oxygen atoms in total. The van der Waals surface area contributed by atoms with Crippen LogP contribution < -0.4 is 10.1 Å². The van der Waals surface area contributed by atoms with E-state index in [0.717, 1.165) is 12.8 Å². The Labute approximate surface area is 136 Å².